The second-order valence-electron chi connectivity index (χ2n) is 5.31. The summed E-state index contributed by atoms with van der Waals surface area (Å²) in [6.45, 7) is 1.36. The normalized spacial score (nSPS) is 33.4. The van der Waals surface area contributed by atoms with Crippen molar-refractivity contribution in [1.29, 1.82) is 0 Å². The summed E-state index contributed by atoms with van der Waals surface area (Å²) in [6, 6.07) is 0. The van der Waals surface area contributed by atoms with Crippen LogP contribution >= 0.6 is 0 Å². The van der Waals surface area contributed by atoms with E-state index in [9.17, 15) is 0 Å². The second kappa shape index (κ2) is 5.86. The van der Waals surface area contributed by atoms with Crippen LogP contribution in [0.25, 0.3) is 0 Å². The Morgan fingerprint density at radius 3 is 2.13 bits per heavy atom. The first kappa shape index (κ1) is 11.4. The van der Waals surface area contributed by atoms with E-state index in [4.69, 9.17) is 9.84 Å². The molecule has 2 rings (SSSR count). The molecular formula is C13H24O2. The minimum atomic E-state index is 0.370. The van der Waals surface area contributed by atoms with Crippen LogP contribution in [0.3, 0.4) is 0 Å². The molecule has 2 heteroatoms. The second-order valence-corrected chi connectivity index (χ2v) is 5.31. The van der Waals surface area contributed by atoms with Crippen molar-refractivity contribution in [3.63, 3.8) is 0 Å². The molecule has 2 aliphatic rings. The Hall–Kier alpha value is -0.0800. The summed E-state index contributed by atoms with van der Waals surface area (Å²) in [5.41, 5.74) is 0. The Balaban J connectivity index is 1.59. The van der Waals surface area contributed by atoms with E-state index in [1.54, 1.807) is 0 Å². The van der Waals surface area contributed by atoms with Crippen LogP contribution in [0.5, 0.6) is 0 Å². The first-order valence-corrected chi connectivity index (χ1v) is 6.61. The molecule has 0 amide bonds. The van der Waals surface area contributed by atoms with Crippen LogP contribution in [-0.4, -0.2) is 24.4 Å². The monoisotopic (exact) mass is 212 g/mol. The lowest BCUT2D eigenvalue weighted by Crippen LogP contribution is -2.25. The van der Waals surface area contributed by atoms with E-state index in [1.807, 2.05) is 0 Å². The van der Waals surface area contributed by atoms with Crippen molar-refractivity contribution >= 4 is 0 Å². The highest BCUT2D eigenvalue weighted by Gasteiger charge is 2.22. The molecule has 0 saturated heterocycles. The molecule has 2 saturated carbocycles. The number of rotatable bonds is 4. The molecule has 0 unspecified atom stereocenters. The van der Waals surface area contributed by atoms with E-state index in [-0.39, 0.29) is 0 Å². The van der Waals surface area contributed by atoms with E-state index in [0.717, 1.165) is 38.2 Å². The molecule has 0 aliphatic heterocycles. The zero-order chi connectivity index (χ0) is 10.5. The quantitative estimate of drug-likeness (QED) is 0.776. The summed E-state index contributed by atoms with van der Waals surface area (Å²) in [6.07, 6.45) is 10.7. The molecule has 0 aromatic carbocycles. The summed E-state index contributed by atoms with van der Waals surface area (Å²) in [5.74, 6) is 1.40. The highest BCUT2D eigenvalue weighted by Crippen LogP contribution is 2.29. The van der Waals surface area contributed by atoms with Crippen LogP contribution in [0.4, 0.5) is 0 Å². The summed E-state index contributed by atoms with van der Waals surface area (Å²) in [4.78, 5) is 0. The standard InChI is InChI=1S/C13H24O2/c14-9-11-5-7-13(8-6-11)15-10-12-3-1-2-4-12/h11-14H,1-10H2. The maximum absolute atomic E-state index is 9.04. The molecule has 0 bridgehead atoms. The van der Waals surface area contributed by atoms with Crippen molar-refractivity contribution in [2.24, 2.45) is 11.8 Å². The smallest absolute Gasteiger partial charge is 0.0575 e. The van der Waals surface area contributed by atoms with Crippen LogP contribution in [-0.2, 0) is 4.74 Å². The molecule has 0 atom stereocenters. The third-order valence-corrected chi connectivity index (χ3v) is 4.09. The van der Waals surface area contributed by atoms with Gasteiger partial charge in [-0.15, -0.1) is 0 Å². The molecule has 1 N–H and O–H groups in total. The molecular weight excluding hydrogens is 188 g/mol. The molecule has 88 valence electrons. The minimum Gasteiger partial charge on any atom is -0.396 e. The van der Waals surface area contributed by atoms with Gasteiger partial charge < -0.3 is 9.84 Å². The van der Waals surface area contributed by atoms with Crippen molar-refractivity contribution in [1.82, 2.24) is 0 Å². The SMILES string of the molecule is OCC1CCC(OCC2CCCC2)CC1. The summed E-state index contributed by atoms with van der Waals surface area (Å²) in [5, 5.41) is 9.04. The lowest BCUT2D eigenvalue weighted by Gasteiger charge is -2.28. The van der Waals surface area contributed by atoms with Crippen molar-refractivity contribution in [2.45, 2.75) is 57.5 Å². The predicted molar refractivity (Wildman–Crippen MR) is 60.7 cm³/mol. The Labute approximate surface area is 93.0 Å². The first-order chi connectivity index (χ1) is 7.38. The zero-order valence-electron chi connectivity index (χ0n) is 9.66. The van der Waals surface area contributed by atoms with Gasteiger partial charge in [-0.1, -0.05) is 12.8 Å². The van der Waals surface area contributed by atoms with Crippen molar-refractivity contribution < 1.29 is 9.84 Å². The molecule has 2 fully saturated rings. The fraction of sp³-hybridized carbons (Fsp3) is 1.00. The van der Waals surface area contributed by atoms with Gasteiger partial charge in [0.2, 0.25) is 0 Å². The maximum Gasteiger partial charge on any atom is 0.0575 e. The topological polar surface area (TPSA) is 29.5 Å². The first-order valence-electron chi connectivity index (χ1n) is 6.61. The number of hydrogen-bond donors (Lipinski definition) is 1. The number of aliphatic hydroxyl groups excluding tert-OH is 1. The number of ether oxygens (including phenoxy) is 1. The summed E-state index contributed by atoms with van der Waals surface area (Å²) >= 11 is 0. The fourth-order valence-corrected chi connectivity index (χ4v) is 2.93. The van der Waals surface area contributed by atoms with Gasteiger partial charge in [0.05, 0.1) is 6.10 Å². The van der Waals surface area contributed by atoms with E-state index in [2.05, 4.69) is 0 Å². The van der Waals surface area contributed by atoms with Gasteiger partial charge in [-0.25, -0.2) is 0 Å². The van der Waals surface area contributed by atoms with E-state index in [0.29, 0.717) is 18.6 Å². The van der Waals surface area contributed by atoms with Crippen LogP contribution in [0.2, 0.25) is 0 Å². The molecule has 0 aromatic heterocycles. The van der Waals surface area contributed by atoms with Gasteiger partial charge >= 0.3 is 0 Å². The molecule has 2 nitrogen and oxygen atoms in total. The maximum atomic E-state index is 9.04. The van der Waals surface area contributed by atoms with Crippen molar-refractivity contribution in [3.8, 4) is 0 Å². The van der Waals surface area contributed by atoms with Gasteiger partial charge in [0.25, 0.3) is 0 Å². The van der Waals surface area contributed by atoms with E-state index in [1.165, 1.54) is 25.7 Å². The van der Waals surface area contributed by atoms with E-state index >= 15 is 0 Å². The third kappa shape index (κ3) is 3.46. The molecule has 0 radical (unpaired) electrons. The van der Waals surface area contributed by atoms with Crippen molar-refractivity contribution in [2.75, 3.05) is 13.2 Å². The lowest BCUT2D eigenvalue weighted by atomic mass is 9.88. The minimum absolute atomic E-state index is 0.370. The Morgan fingerprint density at radius 2 is 1.53 bits per heavy atom. The van der Waals surface area contributed by atoms with Gasteiger partial charge in [0.15, 0.2) is 0 Å². The van der Waals surface area contributed by atoms with Gasteiger partial charge in [-0.2, -0.15) is 0 Å². The van der Waals surface area contributed by atoms with Gasteiger partial charge in [-0.05, 0) is 50.4 Å². The summed E-state index contributed by atoms with van der Waals surface area (Å²) in [7, 11) is 0. The van der Waals surface area contributed by atoms with E-state index < -0.39 is 0 Å². The Morgan fingerprint density at radius 1 is 0.867 bits per heavy atom. The lowest BCUT2D eigenvalue weighted by molar-refractivity contribution is -0.00494. The summed E-state index contributed by atoms with van der Waals surface area (Å²) < 4.78 is 5.98. The van der Waals surface area contributed by atoms with Gasteiger partial charge in [0.1, 0.15) is 0 Å². The Bertz CT molecular complexity index is 167. The van der Waals surface area contributed by atoms with Crippen LogP contribution in [0, 0.1) is 11.8 Å². The molecule has 2 aliphatic carbocycles. The molecule has 15 heavy (non-hydrogen) atoms. The predicted octanol–water partition coefficient (Wildman–Crippen LogP) is 2.74. The van der Waals surface area contributed by atoms with Gasteiger partial charge in [0, 0.05) is 13.2 Å². The highest BCUT2D eigenvalue weighted by atomic mass is 16.5. The zero-order valence-corrected chi connectivity index (χ0v) is 9.66. The largest absolute Gasteiger partial charge is 0.396 e. The van der Waals surface area contributed by atoms with Crippen LogP contribution in [0.15, 0.2) is 0 Å². The average molecular weight is 212 g/mol. The van der Waals surface area contributed by atoms with Crippen molar-refractivity contribution in [3.05, 3.63) is 0 Å². The third-order valence-electron chi connectivity index (χ3n) is 4.09. The van der Waals surface area contributed by atoms with Crippen LogP contribution in [0.1, 0.15) is 51.4 Å². The number of hydrogen-bond acceptors (Lipinski definition) is 2. The molecule has 0 aromatic rings. The molecule has 0 spiro atoms. The van der Waals surface area contributed by atoms with Crippen LogP contribution < -0.4 is 0 Å². The number of aliphatic hydroxyl groups is 1. The van der Waals surface area contributed by atoms with Gasteiger partial charge in [-0.3, -0.25) is 0 Å². The Kier molecular flexibility index (Phi) is 4.45. The highest BCUT2D eigenvalue weighted by molar-refractivity contribution is 4.73. The fourth-order valence-electron chi connectivity index (χ4n) is 2.93. The molecule has 0 heterocycles. The average Bonchev–Trinajstić information content (AvgIpc) is 2.80.